The van der Waals surface area contributed by atoms with Gasteiger partial charge >= 0.3 is 0 Å². The van der Waals surface area contributed by atoms with Crippen LogP contribution in [0.1, 0.15) is 23.6 Å². The smallest absolute Gasteiger partial charge is 0.0446 e. The molecule has 1 atom stereocenters. The fourth-order valence-corrected chi connectivity index (χ4v) is 1.33. The van der Waals surface area contributed by atoms with E-state index in [-0.39, 0.29) is 6.04 Å². The minimum Gasteiger partial charge on any atom is -0.312 e. The molecule has 1 heterocycles. The molecule has 0 saturated carbocycles. The van der Waals surface area contributed by atoms with Crippen molar-refractivity contribution < 1.29 is 0 Å². The van der Waals surface area contributed by atoms with Gasteiger partial charge in [-0.2, -0.15) is 0 Å². The first kappa shape index (κ1) is 9.76. The minimum absolute atomic E-state index is 0.221. The van der Waals surface area contributed by atoms with Gasteiger partial charge in [-0.05, 0) is 31.2 Å². The van der Waals surface area contributed by atoms with Crippen LogP contribution in [0.5, 0.6) is 0 Å². The Kier molecular flexibility index (Phi) is 3.48. The molecule has 1 rings (SSSR count). The van der Waals surface area contributed by atoms with E-state index in [1.807, 2.05) is 19.3 Å². The summed E-state index contributed by atoms with van der Waals surface area (Å²) < 4.78 is 0. The molecule has 13 heavy (non-hydrogen) atoms. The van der Waals surface area contributed by atoms with Crippen LogP contribution in [0, 0.1) is 19.3 Å². The first-order valence-electron chi connectivity index (χ1n) is 4.30. The van der Waals surface area contributed by atoms with Crippen molar-refractivity contribution in [2.45, 2.75) is 19.4 Å². The summed E-state index contributed by atoms with van der Waals surface area (Å²) in [6.07, 6.45) is 9.64. The van der Waals surface area contributed by atoms with Gasteiger partial charge in [0.2, 0.25) is 0 Å². The molecule has 1 unspecified atom stereocenters. The molecule has 68 valence electrons. The maximum atomic E-state index is 5.28. The van der Waals surface area contributed by atoms with Gasteiger partial charge < -0.3 is 5.32 Å². The lowest BCUT2D eigenvalue weighted by Crippen LogP contribution is -2.16. The standard InChI is InChI=1S/C11H14N2/c1-4-5-11(12-3)10-8-13-7-6-9(10)2/h1,6-8,11-12H,5H2,2-3H3. The molecule has 1 aromatic rings. The summed E-state index contributed by atoms with van der Waals surface area (Å²) in [6.45, 7) is 2.07. The van der Waals surface area contributed by atoms with E-state index in [0.29, 0.717) is 6.42 Å². The summed E-state index contributed by atoms with van der Waals surface area (Å²) in [6, 6.07) is 2.22. The van der Waals surface area contributed by atoms with Gasteiger partial charge in [0.25, 0.3) is 0 Å². The number of nitrogens with zero attached hydrogens (tertiary/aromatic N) is 1. The Balaban J connectivity index is 2.92. The van der Waals surface area contributed by atoms with Crippen molar-refractivity contribution in [3.05, 3.63) is 29.6 Å². The number of hydrogen-bond donors (Lipinski definition) is 1. The Morgan fingerprint density at radius 2 is 2.46 bits per heavy atom. The zero-order valence-electron chi connectivity index (χ0n) is 8.04. The SMILES string of the molecule is C#CCC(NC)c1cnccc1C. The van der Waals surface area contributed by atoms with Gasteiger partial charge in [-0.3, -0.25) is 4.98 Å². The Bertz CT molecular complexity index is 312. The molecule has 0 aromatic carbocycles. The van der Waals surface area contributed by atoms with E-state index in [2.05, 4.69) is 23.1 Å². The van der Waals surface area contributed by atoms with Crippen molar-refractivity contribution in [3.8, 4) is 12.3 Å². The van der Waals surface area contributed by atoms with Crippen molar-refractivity contribution >= 4 is 0 Å². The van der Waals surface area contributed by atoms with E-state index in [1.54, 1.807) is 6.20 Å². The van der Waals surface area contributed by atoms with E-state index in [1.165, 1.54) is 11.1 Å². The second-order valence-electron chi connectivity index (χ2n) is 2.98. The Hall–Kier alpha value is -1.33. The van der Waals surface area contributed by atoms with Gasteiger partial charge in [0, 0.05) is 24.9 Å². The van der Waals surface area contributed by atoms with E-state index < -0.39 is 0 Å². The summed E-state index contributed by atoms with van der Waals surface area (Å²) >= 11 is 0. The molecule has 0 fully saturated rings. The fraction of sp³-hybridized carbons (Fsp3) is 0.364. The molecule has 0 amide bonds. The van der Waals surface area contributed by atoms with Crippen LogP contribution in [0.25, 0.3) is 0 Å². The molecule has 0 aliphatic carbocycles. The average molecular weight is 174 g/mol. The zero-order chi connectivity index (χ0) is 9.68. The largest absolute Gasteiger partial charge is 0.312 e. The quantitative estimate of drug-likeness (QED) is 0.705. The van der Waals surface area contributed by atoms with E-state index in [4.69, 9.17) is 6.42 Å². The molecular formula is C11H14N2. The van der Waals surface area contributed by atoms with E-state index >= 15 is 0 Å². The molecular weight excluding hydrogens is 160 g/mol. The topological polar surface area (TPSA) is 24.9 Å². The molecule has 1 N–H and O–H groups in total. The Morgan fingerprint density at radius 3 is 3.00 bits per heavy atom. The van der Waals surface area contributed by atoms with Crippen LogP contribution in [-0.2, 0) is 0 Å². The second kappa shape index (κ2) is 4.64. The molecule has 0 bridgehead atoms. The van der Waals surface area contributed by atoms with Crippen molar-refractivity contribution in [2.75, 3.05) is 7.05 Å². The first-order valence-corrected chi connectivity index (χ1v) is 4.30. The monoisotopic (exact) mass is 174 g/mol. The Morgan fingerprint density at radius 1 is 1.69 bits per heavy atom. The van der Waals surface area contributed by atoms with Crippen molar-refractivity contribution in [2.24, 2.45) is 0 Å². The molecule has 0 aliphatic heterocycles. The van der Waals surface area contributed by atoms with Gasteiger partial charge in [0.1, 0.15) is 0 Å². The molecule has 2 nitrogen and oxygen atoms in total. The maximum Gasteiger partial charge on any atom is 0.0446 e. The molecule has 0 spiro atoms. The predicted molar refractivity (Wildman–Crippen MR) is 54.2 cm³/mol. The van der Waals surface area contributed by atoms with Crippen LogP contribution < -0.4 is 5.32 Å². The van der Waals surface area contributed by atoms with E-state index in [9.17, 15) is 0 Å². The molecule has 0 radical (unpaired) electrons. The zero-order valence-corrected chi connectivity index (χ0v) is 8.04. The molecule has 0 saturated heterocycles. The van der Waals surface area contributed by atoms with Gasteiger partial charge in [-0.25, -0.2) is 0 Å². The summed E-state index contributed by atoms with van der Waals surface area (Å²) in [7, 11) is 1.91. The summed E-state index contributed by atoms with van der Waals surface area (Å²) in [4.78, 5) is 4.09. The number of hydrogen-bond acceptors (Lipinski definition) is 2. The summed E-state index contributed by atoms with van der Waals surface area (Å²) in [5.74, 6) is 2.65. The van der Waals surface area contributed by atoms with Crippen molar-refractivity contribution in [3.63, 3.8) is 0 Å². The van der Waals surface area contributed by atoms with Crippen LogP contribution in [0.15, 0.2) is 18.5 Å². The van der Waals surface area contributed by atoms with Crippen LogP contribution in [-0.4, -0.2) is 12.0 Å². The summed E-state index contributed by atoms with van der Waals surface area (Å²) in [5, 5.41) is 3.18. The number of aromatic nitrogens is 1. The average Bonchev–Trinajstić information content (AvgIpc) is 2.16. The highest BCUT2D eigenvalue weighted by Gasteiger charge is 2.09. The lowest BCUT2D eigenvalue weighted by molar-refractivity contribution is 0.606. The summed E-state index contributed by atoms with van der Waals surface area (Å²) in [5.41, 5.74) is 2.41. The molecule has 2 heteroatoms. The van der Waals surface area contributed by atoms with Crippen LogP contribution in [0.4, 0.5) is 0 Å². The number of aryl methyl sites for hydroxylation is 1. The second-order valence-corrected chi connectivity index (χ2v) is 2.98. The minimum atomic E-state index is 0.221. The highest BCUT2D eigenvalue weighted by Crippen LogP contribution is 2.18. The van der Waals surface area contributed by atoms with Crippen LogP contribution in [0.2, 0.25) is 0 Å². The highest BCUT2D eigenvalue weighted by atomic mass is 14.9. The Labute approximate surface area is 79.4 Å². The highest BCUT2D eigenvalue weighted by molar-refractivity contribution is 5.25. The third kappa shape index (κ3) is 2.30. The third-order valence-corrected chi connectivity index (χ3v) is 2.13. The predicted octanol–water partition coefficient (Wildman–Crippen LogP) is 1.67. The number of pyridine rings is 1. The van der Waals surface area contributed by atoms with Gasteiger partial charge in [0.05, 0.1) is 0 Å². The fourth-order valence-electron chi connectivity index (χ4n) is 1.33. The number of terminal acetylenes is 1. The maximum absolute atomic E-state index is 5.28. The lowest BCUT2D eigenvalue weighted by atomic mass is 10.0. The normalized spacial score (nSPS) is 12.1. The number of nitrogens with one attached hydrogen (secondary N) is 1. The van der Waals surface area contributed by atoms with Crippen molar-refractivity contribution in [1.29, 1.82) is 0 Å². The first-order chi connectivity index (χ1) is 6.29. The lowest BCUT2D eigenvalue weighted by Gasteiger charge is -2.15. The van der Waals surface area contributed by atoms with E-state index in [0.717, 1.165) is 0 Å². The molecule has 0 aliphatic rings. The van der Waals surface area contributed by atoms with Gasteiger partial charge in [-0.1, -0.05) is 0 Å². The van der Waals surface area contributed by atoms with Crippen LogP contribution >= 0.6 is 0 Å². The third-order valence-electron chi connectivity index (χ3n) is 2.13. The molecule has 1 aromatic heterocycles. The van der Waals surface area contributed by atoms with Crippen LogP contribution in [0.3, 0.4) is 0 Å². The van der Waals surface area contributed by atoms with Crippen molar-refractivity contribution in [1.82, 2.24) is 10.3 Å². The number of rotatable bonds is 3. The van der Waals surface area contributed by atoms with Gasteiger partial charge in [0.15, 0.2) is 0 Å². The van der Waals surface area contributed by atoms with Gasteiger partial charge in [-0.15, -0.1) is 12.3 Å².